The molecule has 3 rings (SSSR count). The van der Waals surface area contributed by atoms with Crippen molar-refractivity contribution in [3.63, 3.8) is 0 Å². The fourth-order valence-electron chi connectivity index (χ4n) is 2.93. The smallest absolute Gasteiger partial charge is 0.356 e. The van der Waals surface area contributed by atoms with Gasteiger partial charge in [-0.25, -0.2) is 4.79 Å². The van der Waals surface area contributed by atoms with Gasteiger partial charge in [0.2, 0.25) is 5.91 Å². The van der Waals surface area contributed by atoms with Crippen molar-refractivity contribution >= 4 is 17.7 Å². The highest BCUT2D eigenvalue weighted by Gasteiger charge is 2.34. The number of hydrogen-bond acceptors (Lipinski definition) is 5. The van der Waals surface area contributed by atoms with Crippen LogP contribution >= 0.6 is 0 Å². The number of aromatic carboxylic acids is 1. The van der Waals surface area contributed by atoms with Crippen molar-refractivity contribution in [2.24, 2.45) is 5.92 Å². The van der Waals surface area contributed by atoms with E-state index in [1.54, 1.807) is 6.07 Å². The Morgan fingerprint density at radius 1 is 1.35 bits per heavy atom. The van der Waals surface area contributed by atoms with Crippen LogP contribution in [0.25, 0.3) is 0 Å². The Kier molecular flexibility index (Phi) is 3.25. The highest BCUT2D eigenvalue weighted by Crippen LogP contribution is 2.27. The maximum atomic E-state index is 11.4. The molecule has 2 saturated heterocycles. The molecule has 1 amide bonds. The van der Waals surface area contributed by atoms with Crippen molar-refractivity contribution in [2.45, 2.75) is 25.3 Å². The van der Waals surface area contributed by atoms with Gasteiger partial charge in [-0.2, -0.15) is 0 Å². The summed E-state index contributed by atoms with van der Waals surface area (Å²) in [6, 6.07) is 3.43. The van der Waals surface area contributed by atoms with E-state index in [0.29, 0.717) is 18.2 Å². The summed E-state index contributed by atoms with van der Waals surface area (Å²) in [5.74, 6) is 0.204. The Bertz CT molecular complexity index is 531. The van der Waals surface area contributed by atoms with E-state index in [-0.39, 0.29) is 17.6 Å². The summed E-state index contributed by atoms with van der Waals surface area (Å²) in [4.78, 5) is 24.2. The Morgan fingerprint density at radius 2 is 2.20 bits per heavy atom. The van der Waals surface area contributed by atoms with Crippen LogP contribution in [0.15, 0.2) is 12.1 Å². The molecule has 2 fully saturated rings. The third kappa shape index (κ3) is 2.43. The van der Waals surface area contributed by atoms with Crippen LogP contribution in [0.1, 0.15) is 29.8 Å². The van der Waals surface area contributed by atoms with Crippen LogP contribution in [0.3, 0.4) is 0 Å². The molecule has 7 nitrogen and oxygen atoms in total. The van der Waals surface area contributed by atoms with Crippen molar-refractivity contribution < 1.29 is 14.7 Å². The monoisotopic (exact) mass is 276 g/mol. The number of carboxylic acids is 1. The normalized spacial score (nSPS) is 25.8. The highest BCUT2D eigenvalue weighted by atomic mass is 16.4. The molecule has 20 heavy (non-hydrogen) atoms. The highest BCUT2D eigenvalue weighted by molar-refractivity contribution is 5.85. The van der Waals surface area contributed by atoms with Gasteiger partial charge in [-0.15, -0.1) is 10.2 Å². The van der Waals surface area contributed by atoms with Crippen LogP contribution in [0.4, 0.5) is 5.82 Å². The van der Waals surface area contributed by atoms with E-state index in [0.717, 1.165) is 25.9 Å². The quantitative estimate of drug-likeness (QED) is 0.805. The van der Waals surface area contributed by atoms with Gasteiger partial charge in [-0.3, -0.25) is 4.79 Å². The molecule has 0 spiro atoms. The van der Waals surface area contributed by atoms with E-state index in [1.807, 2.05) is 0 Å². The Morgan fingerprint density at radius 3 is 2.90 bits per heavy atom. The third-order valence-electron chi connectivity index (χ3n) is 4.02. The zero-order chi connectivity index (χ0) is 14.1. The van der Waals surface area contributed by atoms with Crippen molar-refractivity contribution in [3.8, 4) is 0 Å². The molecule has 0 aliphatic carbocycles. The lowest BCUT2D eigenvalue weighted by Crippen LogP contribution is -2.54. The van der Waals surface area contributed by atoms with Crippen molar-refractivity contribution in [2.75, 3.05) is 18.0 Å². The lowest BCUT2D eigenvalue weighted by molar-refractivity contribution is -0.124. The molecule has 2 unspecified atom stereocenters. The number of anilines is 1. The molecule has 2 atom stereocenters. The van der Waals surface area contributed by atoms with E-state index < -0.39 is 5.97 Å². The van der Waals surface area contributed by atoms with Gasteiger partial charge in [0, 0.05) is 25.6 Å². The van der Waals surface area contributed by atoms with Crippen LogP contribution in [0.5, 0.6) is 0 Å². The van der Waals surface area contributed by atoms with E-state index in [1.165, 1.54) is 6.07 Å². The Hall–Kier alpha value is -2.18. The van der Waals surface area contributed by atoms with Gasteiger partial charge in [-0.05, 0) is 30.9 Å². The molecule has 0 bridgehead atoms. The first-order chi connectivity index (χ1) is 9.63. The molecule has 2 N–H and O–H groups in total. The number of carbonyl (C=O) groups is 2. The summed E-state index contributed by atoms with van der Waals surface area (Å²) in [6.07, 6.45) is 2.37. The average molecular weight is 276 g/mol. The number of piperidine rings is 2. The number of aromatic nitrogens is 2. The number of carbonyl (C=O) groups excluding carboxylic acids is 1. The topological polar surface area (TPSA) is 95.4 Å². The summed E-state index contributed by atoms with van der Waals surface area (Å²) in [7, 11) is 0. The molecular weight excluding hydrogens is 260 g/mol. The van der Waals surface area contributed by atoms with Gasteiger partial charge in [0.25, 0.3) is 0 Å². The Balaban J connectivity index is 1.69. The predicted molar refractivity (Wildman–Crippen MR) is 70.5 cm³/mol. The fraction of sp³-hybridized carbons (Fsp3) is 0.538. The second-order valence-corrected chi connectivity index (χ2v) is 5.29. The number of amides is 1. The van der Waals surface area contributed by atoms with Crippen LogP contribution in [-0.2, 0) is 4.79 Å². The summed E-state index contributed by atoms with van der Waals surface area (Å²) < 4.78 is 0. The number of nitrogens with one attached hydrogen (secondary N) is 1. The molecule has 2 aliphatic rings. The van der Waals surface area contributed by atoms with E-state index in [9.17, 15) is 9.59 Å². The first kappa shape index (κ1) is 12.8. The second kappa shape index (κ2) is 5.07. The number of fused-ring (bicyclic) bond motifs is 1. The van der Waals surface area contributed by atoms with Gasteiger partial charge < -0.3 is 15.3 Å². The second-order valence-electron chi connectivity index (χ2n) is 5.29. The summed E-state index contributed by atoms with van der Waals surface area (Å²) >= 11 is 0. The van der Waals surface area contributed by atoms with Gasteiger partial charge in [0.15, 0.2) is 11.5 Å². The number of carboxylic acid groups (broad SMARTS) is 1. The molecule has 7 heteroatoms. The molecule has 106 valence electrons. The molecule has 0 aromatic carbocycles. The van der Waals surface area contributed by atoms with Crippen LogP contribution in [0.2, 0.25) is 0 Å². The first-order valence-electron chi connectivity index (χ1n) is 6.75. The first-order valence-corrected chi connectivity index (χ1v) is 6.75. The van der Waals surface area contributed by atoms with Crippen molar-refractivity contribution in [1.82, 2.24) is 15.5 Å². The maximum Gasteiger partial charge on any atom is 0.356 e. The lowest BCUT2D eigenvalue weighted by atomic mass is 9.85. The molecule has 0 saturated carbocycles. The summed E-state index contributed by atoms with van der Waals surface area (Å²) in [5, 5.41) is 19.5. The van der Waals surface area contributed by atoms with E-state index in [4.69, 9.17) is 5.11 Å². The molecule has 2 aliphatic heterocycles. The minimum Gasteiger partial charge on any atom is -0.476 e. The van der Waals surface area contributed by atoms with Gasteiger partial charge in [0.05, 0.1) is 0 Å². The molecule has 0 radical (unpaired) electrons. The Labute approximate surface area is 116 Å². The van der Waals surface area contributed by atoms with E-state index in [2.05, 4.69) is 20.4 Å². The van der Waals surface area contributed by atoms with Gasteiger partial charge in [-0.1, -0.05) is 0 Å². The van der Waals surface area contributed by atoms with Crippen LogP contribution < -0.4 is 10.2 Å². The van der Waals surface area contributed by atoms with Crippen LogP contribution in [0, 0.1) is 5.92 Å². The van der Waals surface area contributed by atoms with Gasteiger partial charge in [0.1, 0.15) is 0 Å². The van der Waals surface area contributed by atoms with Crippen molar-refractivity contribution in [3.05, 3.63) is 17.8 Å². The summed E-state index contributed by atoms with van der Waals surface area (Å²) in [5.41, 5.74) is -0.0476. The third-order valence-corrected chi connectivity index (χ3v) is 4.02. The average Bonchev–Trinajstić information content (AvgIpc) is 2.47. The minimum absolute atomic E-state index is 0.0476. The van der Waals surface area contributed by atoms with E-state index >= 15 is 0 Å². The largest absolute Gasteiger partial charge is 0.476 e. The lowest BCUT2D eigenvalue weighted by Gasteiger charge is -2.41. The number of rotatable bonds is 2. The fourth-order valence-corrected chi connectivity index (χ4v) is 2.93. The maximum absolute atomic E-state index is 11.4. The standard InChI is InChI=1S/C13H16N4O3/c18-12-4-1-8-7-17(6-5-9(8)14-12)11-3-2-10(13(19)20)15-16-11/h2-3,8-9H,1,4-7H2,(H,14,18)(H,19,20). The SMILES string of the molecule is O=C1CCC2CN(c3ccc(C(=O)O)nn3)CCC2N1. The molecule has 1 aromatic heterocycles. The number of hydrogen-bond donors (Lipinski definition) is 2. The molecule has 3 heterocycles. The minimum atomic E-state index is -1.07. The zero-order valence-electron chi connectivity index (χ0n) is 11.0. The molecular formula is C13H16N4O3. The summed E-state index contributed by atoms with van der Waals surface area (Å²) in [6.45, 7) is 1.62. The zero-order valence-corrected chi connectivity index (χ0v) is 11.0. The molecule has 1 aromatic rings. The van der Waals surface area contributed by atoms with Gasteiger partial charge >= 0.3 is 5.97 Å². The van der Waals surface area contributed by atoms with Crippen LogP contribution in [-0.4, -0.2) is 46.3 Å². The van der Waals surface area contributed by atoms with Crippen molar-refractivity contribution in [1.29, 1.82) is 0 Å². The number of nitrogens with zero attached hydrogens (tertiary/aromatic N) is 3. The predicted octanol–water partition coefficient (Wildman–Crippen LogP) is 0.280.